The minimum atomic E-state index is -0.233. The van der Waals surface area contributed by atoms with Crippen LogP contribution in [0.1, 0.15) is 30.5 Å². The van der Waals surface area contributed by atoms with E-state index in [-0.39, 0.29) is 24.2 Å². The average Bonchev–Trinajstić information content (AvgIpc) is 2.39. The molecule has 1 aliphatic heterocycles. The molecule has 1 aliphatic rings. The van der Waals surface area contributed by atoms with E-state index in [9.17, 15) is 9.90 Å². The number of rotatable bonds is 4. The van der Waals surface area contributed by atoms with Crippen molar-refractivity contribution in [1.29, 1.82) is 0 Å². The number of benzene rings is 1. The van der Waals surface area contributed by atoms with E-state index in [0.717, 1.165) is 24.1 Å². The quantitative estimate of drug-likeness (QED) is 0.808. The van der Waals surface area contributed by atoms with Gasteiger partial charge in [0.05, 0.1) is 20.1 Å². The van der Waals surface area contributed by atoms with Crippen molar-refractivity contribution in [2.45, 2.75) is 25.8 Å². The van der Waals surface area contributed by atoms with Crippen LogP contribution >= 0.6 is 0 Å². The molecule has 19 heavy (non-hydrogen) atoms. The van der Waals surface area contributed by atoms with Crippen molar-refractivity contribution in [3.05, 3.63) is 23.3 Å². The number of aromatic hydroxyl groups is 1. The minimum Gasteiger partial charge on any atom is -0.504 e. The van der Waals surface area contributed by atoms with Gasteiger partial charge < -0.3 is 19.9 Å². The van der Waals surface area contributed by atoms with Gasteiger partial charge in [-0.3, -0.25) is 4.79 Å². The number of phenols is 1. The van der Waals surface area contributed by atoms with Gasteiger partial charge in [0.2, 0.25) is 0 Å². The predicted molar refractivity (Wildman–Crippen MR) is 70.4 cm³/mol. The van der Waals surface area contributed by atoms with Crippen molar-refractivity contribution in [3.63, 3.8) is 0 Å². The standard InChI is InChI=1S/C14H19NO4/c1-3-19-14(17)8-11-10-7-12(16)13(18-2)6-9(10)4-5-15-11/h6-7,11,15-16H,3-5,8H2,1-2H3. The maximum atomic E-state index is 11.6. The lowest BCUT2D eigenvalue weighted by Gasteiger charge is -2.27. The molecule has 2 rings (SSSR count). The number of hydrogen-bond donors (Lipinski definition) is 2. The molecule has 0 fully saturated rings. The molecule has 1 aromatic carbocycles. The molecular formula is C14H19NO4. The Morgan fingerprint density at radius 3 is 3.00 bits per heavy atom. The van der Waals surface area contributed by atoms with Gasteiger partial charge in [-0.05, 0) is 43.1 Å². The van der Waals surface area contributed by atoms with Crippen LogP contribution in [-0.2, 0) is 16.0 Å². The molecule has 0 aliphatic carbocycles. The number of carbonyl (C=O) groups is 1. The molecule has 0 bridgehead atoms. The molecule has 0 radical (unpaired) electrons. The van der Waals surface area contributed by atoms with Crippen LogP contribution in [0.3, 0.4) is 0 Å². The summed E-state index contributed by atoms with van der Waals surface area (Å²) in [5.41, 5.74) is 2.04. The number of nitrogens with one attached hydrogen (secondary N) is 1. The molecule has 5 nitrogen and oxygen atoms in total. The minimum absolute atomic E-state index is 0.0961. The van der Waals surface area contributed by atoms with E-state index in [1.807, 2.05) is 6.07 Å². The van der Waals surface area contributed by atoms with Crippen molar-refractivity contribution in [2.24, 2.45) is 0 Å². The Morgan fingerprint density at radius 2 is 2.32 bits per heavy atom. The largest absolute Gasteiger partial charge is 0.504 e. The van der Waals surface area contributed by atoms with Gasteiger partial charge in [-0.1, -0.05) is 0 Å². The van der Waals surface area contributed by atoms with Crippen LogP contribution in [0.4, 0.5) is 0 Å². The van der Waals surface area contributed by atoms with E-state index >= 15 is 0 Å². The van der Waals surface area contributed by atoms with Crippen LogP contribution in [0.2, 0.25) is 0 Å². The summed E-state index contributed by atoms with van der Waals surface area (Å²) in [4.78, 5) is 11.6. The van der Waals surface area contributed by atoms with Crippen LogP contribution in [0.15, 0.2) is 12.1 Å². The van der Waals surface area contributed by atoms with Gasteiger partial charge in [0.1, 0.15) is 0 Å². The molecule has 5 heteroatoms. The Morgan fingerprint density at radius 1 is 1.53 bits per heavy atom. The maximum Gasteiger partial charge on any atom is 0.307 e. The lowest BCUT2D eigenvalue weighted by Crippen LogP contribution is -2.31. The number of carbonyl (C=O) groups excluding carboxylic acids is 1. The van der Waals surface area contributed by atoms with Crippen molar-refractivity contribution < 1.29 is 19.4 Å². The van der Waals surface area contributed by atoms with E-state index in [0.29, 0.717) is 12.4 Å². The third-order valence-corrected chi connectivity index (χ3v) is 3.28. The SMILES string of the molecule is CCOC(=O)CC1NCCc2cc(OC)c(O)cc21. The predicted octanol–water partition coefficient (Wildman–Crippen LogP) is 1.54. The smallest absolute Gasteiger partial charge is 0.307 e. The summed E-state index contributed by atoms with van der Waals surface area (Å²) in [5.74, 6) is 0.331. The summed E-state index contributed by atoms with van der Waals surface area (Å²) in [6, 6.07) is 3.40. The fraction of sp³-hybridized carbons (Fsp3) is 0.500. The monoisotopic (exact) mass is 265 g/mol. The number of hydrogen-bond acceptors (Lipinski definition) is 5. The Hall–Kier alpha value is -1.75. The van der Waals surface area contributed by atoms with Crippen LogP contribution in [0.25, 0.3) is 0 Å². The van der Waals surface area contributed by atoms with Gasteiger partial charge in [0.15, 0.2) is 11.5 Å². The van der Waals surface area contributed by atoms with Gasteiger partial charge in [-0.15, -0.1) is 0 Å². The van der Waals surface area contributed by atoms with Crippen LogP contribution < -0.4 is 10.1 Å². The van der Waals surface area contributed by atoms with E-state index in [1.54, 1.807) is 13.0 Å². The maximum absolute atomic E-state index is 11.6. The van der Waals surface area contributed by atoms with Gasteiger partial charge >= 0.3 is 5.97 Å². The summed E-state index contributed by atoms with van der Waals surface area (Å²) < 4.78 is 10.1. The second kappa shape index (κ2) is 5.93. The summed E-state index contributed by atoms with van der Waals surface area (Å²) in [6.07, 6.45) is 1.12. The molecule has 1 heterocycles. The summed E-state index contributed by atoms with van der Waals surface area (Å²) in [6.45, 7) is 2.97. The normalized spacial score (nSPS) is 17.7. The Labute approximate surface area is 112 Å². The molecule has 2 N–H and O–H groups in total. The summed E-state index contributed by atoms with van der Waals surface area (Å²) in [5, 5.41) is 13.1. The number of esters is 1. The Balaban J connectivity index is 2.23. The third-order valence-electron chi connectivity index (χ3n) is 3.28. The lowest BCUT2D eigenvalue weighted by molar-refractivity contribution is -0.143. The molecule has 1 aromatic rings. The second-order valence-electron chi connectivity index (χ2n) is 4.49. The number of fused-ring (bicyclic) bond motifs is 1. The highest BCUT2D eigenvalue weighted by atomic mass is 16.5. The van der Waals surface area contributed by atoms with E-state index < -0.39 is 0 Å². The first kappa shape index (κ1) is 13.7. The third kappa shape index (κ3) is 2.98. The zero-order valence-corrected chi connectivity index (χ0v) is 11.2. The van der Waals surface area contributed by atoms with Crippen molar-refractivity contribution >= 4 is 5.97 Å². The lowest BCUT2D eigenvalue weighted by atomic mass is 9.92. The van der Waals surface area contributed by atoms with Gasteiger partial charge in [-0.25, -0.2) is 0 Å². The van der Waals surface area contributed by atoms with Crippen LogP contribution in [0, 0.1) is 0 Å². The van der Waals surface area contributed by atoms with E-state index in [1.165, 1.54) is 7.11 Å². The summed E-state index contributed by atoms with van der Waals surface area (Å²) in [7, 11) is 1.53. The zero-order valence-electron chi connectivity index (χ0n) is 11.2. The van der Waals surface area contributed by atoms with Crippen molar-refractivity contribution in [2.75, 3.05) is 20.3 Å². The molecule has 0 spiro atoms. The molecule has 1 unspecified atom stereocenters. The first-order chi connectivity index (χ1) is 9.15. The second-order valence-corrected chi connectivity index (χ2v) is 4.49. The van der Waals surface area contributed by atoms with Gasteiger partial charge in [-0.2, -0.15) is 0 Å². The van der Waals surface area contributed by atoms with Crippen LogP contribution in [-0.4, -0.2) is 31.3 Å². The first-order valence-electron chi connectivity index (χ1n) is 6.44. The van der Waals surface area contributed by atoms with Crippen molar-refractivity contribution in [1.82, 2.24) is 5.32 Å². The highest BCUT2D eigenvalue weighted by Crippen LogP contribution is 2.35. The van der Waals surface area contributed by atoms with E-state index in [4.69, 9.17) is 9.47 Å². The highest BCUT2D eigenvalue weighted by molar-refractivity contribution is 5.70. The topological polar surface area (TPSA) is 67.8 Å². The average molecular weight is 265 g/mol. The van der Waals surface area contributed by atoms with E-state index in [2.05, 4.69) is 5.32 Å². The Kier molecular flexibility index (Phi) is 4.27. The van der Waals surface area contributed by atoms with Gasteiger partial charge in [0.25, 0.3) is 0 Å². The molecule has 0 saturated carbocycles. The fourth-order valence-corrected chi connectivity index (χ4v) is 2.39. The molecule has 0 amide bonds. The van der Waals surface area contributed by atoms with Gasteiger partial charge in [0, 0.05) is 6.04 Å². The molecule has 1 atom stereocenters. The number of methoxy groups -OCH3 is 1. The van der Waals surface area contributed by atoms with Crippen LogP contribution in [0.5, 0.6) is 11.5 Å². The molecular weight excluding hydrogens is 246 g/mol. The fourth-order valence-electron chi connectivity index (χ4n) is 2.39. The first-order valence-corrected chi connectivity index (χ1v) is 6.44. The van der Waals surface area contributed by atoms with Crippen molar-refractivity contribution in [3.8, 4) is 11.5 Å². The molecule has 0 aromatic heterocycles. The zero-order chi connectivity index (χ0) is 13.8. The Bertz CT molecular complexity index is 473. The number of phenolic OH excluding ortho intramolecular Hbond substituents is 1. The summed E-state index contributed by atoms with van der Waals surface area (Å²) >= 11 is 0. The highest BCUT2D eigenvalue weighted by Gasteiger charge is 2.24. The number of ether oxygens (including phenoxy) is 2. The molecule has 104 valence electrons. The molecule has 0 saturated heterocycles.